The Balaban J connectivity index is 1.54. The van der Waals surface area contributed by atoms with Crippen molar-refractivity contribution in [3.05, 3.63) is 60.2 Å². The lowest BCUT2D eigenvalue weighted by atomic mass is 9.90. The molecule has 2 fully saturated rings. The number of halogens is 3. The highest BCUT2D eigenvalue weighted by Crippen LogP contribution is 2.31. The van der Waals surface area contributed by atoms with Gasteiger partial charge in [-0.15, -0.1) is 0 Å². The van der Waals surface area contributed by atoms with E-state index in [1.54, 1.807) is 11.8 Å². The maximum Gasteiger partial charge on any atom is 0.352 e. The van der Waals surface area contributed by atoms with Gasteiger partial charge in [-0.1, -0.05) is 45.3 Å². The summed E-state index contributed by atoms with van der Waals surface area (Å²) in [5.41, 5.74) is -0.640. The van der Waals surface area contributed by atoms with Crippen LogP contribution < -0.4 is 20.7 Å². The van der Waals surface area contributed by atoms with Crippen LogP contribution in [-0.4, -0.2) is 95.8 Å². The Labute approximate surface area is 283 Å². The number of ether oxygens (including phenoxy) is 1. The molecule has 3 atom stereocenters. The van der Waals surface area contributed by atoms with Crippen molar-refractivity contribution >= 4 is 29.3 Å². The summed E-state index contributed by atoms with van der Waals surface area (Å²) in [4.78, 5) is 63.4. The molecule has 1 aliphatic heterocycles. The molecule has 1 saturated carbocycles. The molecule has 266 valence electrons. The Morgan fingerprint density at radius 2 is 1.65 bits per heavy atom. The molecule has 12 nitrogen and oxygen atoms in total. The van der Waals surface area contributed by atoms with E-state index < -0.39 is 58.9 Å². The monoisotopic (exact) mass is 687 g/mol. The third kappa shape index (κ3) is 9.34. The predicted octanol–water partition coefficient (Wildman–Crippen LogP) is 3.36. The first-order valence-electron chi connectivity index (χ1n) is 16.4. The van der Waals surface area contributed by atoms with Gasteiger partial charge >= 0.3 is 11.9 Å². The van der Waals surface area contributed by atoms with E-state index in [1.165, 1.54) is 19.2 Å². The summed E-state index contributed by atoms with van der Waals surface area (Å²) in [5, 5.41) is 7.38. The summed E-state index contributed by atoms with van der Waals surface area (Å²) >= 11 is 0. The number of piperazine rings is 1. The van der Waals surface area contributed by atoms with Crippen LogP contribution in [0.2, 0.25) is 0 Å². The number of carbonyl (C=O) groups is 4. The molecule has 1 saturated heterocycles. The van der Waals surface area contributed by atoms with Crippen molar-refractivity contribution in [3.8, 4) is 6.01 Å². The van der Waals surface area contributed by atoms with Gasteiger partial charge in [0.05, 0.1) is 18.4 Å². The first kappa shape index (κ1) is 37.3. The van der Waals surface area contributed by atoms with Gasteiger partial charge < -0.3 is 30.5 Å². The van der Waals surface area contributed by atoms with Crippen LogP contribution in [0.3, 0.4) is 0 Å². The molecule has 2 aliphatic rings. The molecular weight excluding hydrogens is 643 g/mol. The molecule has 0 bridgehead atoms. The fourth-order valence-electron chi connectivity index (χ4n) is 6.14. The Hall–Kier alpha value is -4.53. The molecule has 2 heterocycles. The molecule has 4 amide bonds. The van der Waals surface area contributed by atoms with E-state index >= 15 is 13.2 Å². The molecular formula is C34H44F3N7O5. The Bertz CT molecular complexity index is 1490. The number of methoxy groups -OCH3 is 1. The summed E-state index contributed by atoms with van der Waals surface area (Å²) in [5.74, 6) is -9.48. The van der Waals surface area contributed by atoms with E-state index in [1.807, 2.05) is 7.05 Å². The summed E-state index contributed by atoms with van der Waals surface area (Å²) < 4.78 is 50.9. The van der Waals surface area contributed by atoms with E-state index in [0.29, 0.717) is 44.6 Å². The number of amides is 4. The van der Waals surface area contributed by atoms with E-state index in [-0.39, 0.29) is 17.6 Å². The second kappa shape index (κ2) is 16.7. The zero-order valence-corrected chi connectivity index (χ0v) is 28.0. The number of nitrogens with zero attached hydrogens (tertiary/aromatic N) is 4. The predicted molar refractivity (Wildman–Crippen MR) is 175 cm³/mol. The van der Waals surface area contributed by atoms with Gasteiger partial charge in [0.25, 0.3) is 5.91 Å². The average molecular weight is 688 g/mol. The maximum absolute atomic E-state index is 15.6. The molecule has 1 aromatic carbocycles. The van der Waals surface area contributed by atoms with Gasteiger partial charge in [-0.2, -0.15) is 8.78 Å². The second-order valence-electron chi connectivity index (χ2n) is 12.6. The Kier molecular flexibility index (Phi) is 12.7. The maximum atomic E-state index is 15.6. The number of nitrogens with one attached hydrogen (secondary N) is 3. The highest BCUT2D eigenvalue weighted by molar-refractivity contribution is 5.98. The summed E-state index contributed by atoms with van der Waals surface area (Å²) in [6, 6.07) is 1.43. The van der Waals surface area contributed by atoms with Crippen LogP contribution in [-0.2, 0) is 25.1 Å². The van der Waals surface area contributed by atoms with Gasteiger partial charge in [0.15, 0.2) is 0 Å². The van der Waals surface area contributed by atoms with Gasteiger partial charge in [-0.3, -0.25) is 19.2 Å². The third-order valence-corrected chi connectivity index (χ3v) is 9.24. The van der Waals surface area contributed by atoms with Crippen molar-refractivity contribution in [2.75, 3.05) is 45.7 Å². The van der Waals surface area contributed by atoms with Gasteiger partial charge in [-0.05, 0) is 49.6 Å². The summed E-state index contributed by atoms with van der Waals surface area (Å²) in [6.45, 7) is 7.43. The van der Waals surface area contributed by atoms with Crippen LogP contribution >= 0.6 is 0 Å². The van der Waals surface area contributed by atoms with Crippen LogP contribution in [0.25, 0.3) is 0 Å². The van der Waals surface area contributed by atoms with E-state index in [2.05, 4.69) is 37.4 Å². The van der Waals surface area contributed by atoms with Crippen molar-refractivity contribution in [1.82, 2.24) is 30.4 Å². The van der Waals surface area contributed by atoms with Gasteiger partial charge in [0.2, 0.25) is 17.7 Å². The highest BCUT2D eigenvalue weighted by atomic mass is 19.3. The fraction of sp³-hybridized carbons (Fsp3) is 0.529. The third-order valence-electron chi connectivity index (χ3n) is 9.24. The number of carbonyl (C=O) groups excluding carboxylic acids is 4. The Morgan fingerprint density at radius 1 is 1.02 bits per heavy atom. The quantitative estimate of drug-likeness (QED) is 0.228. The lowest BCUT2D eigenvalue weighted by molar-refractivity contribution is -0.149. The minimum absolute atomic E-state index is 0.156. The van der Waals surface area contributed by atoms with Gasteiger partial charge in [0, 0.05) is 44.5 Å². The van der Waals surface area contributed by atoms with E-state index in [4.69, 9.17) is 4.74 Å². The second-order valence-corrected chi connectivity index (χ2v) is 12.6. The van der Waals surface area contributed by atoms with E-state index in [9.17, 15) is 19.2 Å². The lowest BCUT2D eigenvalue weighted by Crippen LogP contribution is -2.55. The van der Waals surface area contributed by atoms with Crippen molar-refractivity contribution in [2.24, 2.45) is 5.92 Å². The van der Waals surface area contributed by atoms with Gasteiger partial charge in [-0.25, -0.2) is 14.4 Å². The fourth-order valence-corrected chi connectivity index (χ4v) is 6.14. The Morgan fingerprint density at radius 3 is 2.22 bits per heavy atom. The normalized spacial score (nSPS) is 18.0. The summed E-state index contributed by atoms with van der Waals surface area (Å²) in [6.07, 6.45) is 6.90. The van der Waals surface area contributed by atoms with Crippen molar-refractivity contribution < 1.29 is 37.1 Å². The van der Waals surface area contributed by atoms with Gasteiger partial charge in [0.1, 0.15) is 17.9 Å². The zero-order valence-electron chi connectivity index (χ0n) is 28.0. The number of aromatic nitrogens is 2. The number of benzene rings is 1. The average Bonchev–Trinajstić information content (AvgIpc) is 3.39. The van der Waals surface area contributed by atoms with Crippen molar-refractivity contribution in [3.63, 3.8) is 0 Å². The minimum atomic E-state index is -4.07. The molecule has 1 aliphatic carbocycles. The smallest absolute Gasteiger partial charge is 0.352 e. The number of anilines is 1. The lowest BCUT2D eigenvalue weighted by Gasteiger charge is -2.36. The molecule has 3 N–H and O–H groups in total. The van der Waals surface area contributed by atoms with Crippen LogP contribution in [0.5, 0.6) is 6.01 Å². The first-order chi connectivity index (χ1) is 23.3. The molecule has 1 aromatic heterocycles. The van der Waals surface area contributed by atoms with Crippen LogP contribution in [0, 0.1) is 11.7 Å². The molecule has 49 heavy (non-hydrogen) atoms. The van der Waals surface area contributed by atoms with Crippen LogP contribution in [0.1, 0.15) is 62.5 Å². The molecule has 4 rings (SSSR count). The number of likely N-dealkylation sites (N-methyl/N-ethyl adjacent to an activating group) is 1. The molecule has 0 radical (unpaired) electrons. The van der Waals surface area contributed by atoms with E-state index in [0.717, 1.165) is 50.2 Å². The molecule has 3 unspecified atom stereocenters. The highest BCUT2D eigenvalue weighted by Gasteiger charge is 2.45. The molecule has 2 aromatic rings. The van der Waals surface area contributed by atoms with Crippen LogP contribution in [0.4, 0.5) is 18.9 Å². The molecule has 15 heteroatoms. The topological polar surface area (TPSA) is 146 Å². The van der Waals surface area contributed by atoms with Crippen LogP contribution in [0.15, 0.2) is 43.2 Å². The number of hydrogen-bond donors (Lipinski definition) is 3. The first-order valence-corrected chi connectivity index (χ1v) is 16.4. The number of hydrogen-bond acceptors (Lipinski definition) is 8. The standard InChI is InChI=1S/C34H44F3N7O5/c1-5-27(45)41-28(31(47)44-16-14-43(3)15-17-44)21(2)23-12-13-26(25(35)18-23)40-30(46)29(22-10-8-6-7-9-11-22)42-32(48)34(36,37)24-19-38-33(49-4)39-20-24/h5,12-13,18-22,28-29H,1,6-11,14-17H2,2-4H3,(H,40,46)(H,41,45)(H,42,48). The van der Waals surface area contributed by atoms with Crippen molar-refractivity contribution in [2.45, 2.75) is 69.4 Å². The molecule has 0 spiro atoms. The number of alkyl halides is 2. The minimum Gasteiger partial charge on any atom is -0.467 e. The number of rotatable bonds is 12. The largest absolute Gasteiger partial charge is 0.467 e. The summed E-state index contributed by atoms with van der Waals surface area (Å²) in [7, 11) is 3.22. The zero-order chi connectivity index (χ0) is 35.7. The SMILES string of the molecule is C=CC(=O)NC(C(=O)N1CCN(C)CC1)C(C)c1ccc(NC(=O)C(NC(=O)C(F)(F)c2cnc(OC)nc2)C2CCCCCC2)c(F)c1. The van der Waals surface area contributed by atoms with Crippen molar-refractivity contribution in [1.29, 1.82) is 0 Å².